The Kier molecular flexibility index (Phi) is 9.30. The molecular weight excluding hydrogens is 573 g/mol. The average molecular weight is 618 g/mol. The summed E-state index contributed by atoms with van der Waals surface area (Å²) in [4.78, 5) is 46.9. The van der Waals surface area contributed by atoms with Crippen molar-refractivity contribution in [3.05, 3.63) is 75.5 Å². The van der Waals surface area contributed by atoms with Crippen molar-refractivity contribution in [1.29, 1.82) is 0 Å². The average Bonchev–Trinajstić information content (AvgIpc) is 3.03. The summed E-state index contributed by atoms with van der Waals surface area (Å²) in [5.41, 5.74) is 1.32. The van der Waals surface area contributed by atoms with E-state index in [2.05, 4.69) is 39.2 Å². The van der Waals surface area contributed by atoms with Gasteiger partial charge in [-0.3, -0.25) is 19.3 Å². The van der Waals surface area contributed by atoms with Gasteiger partial charge in [0.1, 0.15) is 5.82 Å². The molecule has 3 aromatic rings. The number of halogens is 1. The molecule has 1 atom stereocenters. The minimum absolute atomic E-state index is 0.00642. The van der Waals surface area contributed by atoms with E-state index in [1.807, 2.05) is 17.0 Å². The van der Waals surface area contributed by atoms with Crippen LogP contribution in [0.25, 0.3) is 10.8 Å². The molecule has 10 nitrogen and oxygen atoms in total. The van der Waals surface area contributed by atoms with Crippen LogP contribution in [0.5, 0.6) is 0 Å². The summed E-state index contributed by atoms with van der Waals surface area (Å²) in [6.45, 7) is 12.5. The van der Waals surface area contributed by atoms with E-state index >= 15 is 0 Å². The summed E-state index contributed by atoms with van der Waals surface area (Å²) in [7, 11) is 0. The van der Waals surface area contributed by atoms with Crippen molar-refractivity contribution >= 4 is 22.6 Å². The summed E-state index contributed by atoms with van der Waals surface area (Å²) in [5.74, 6) is -0.152. The lowest BCUT2D eigenvalue weighted by molar-refractivity contribution is -0.134. The summed E-state index contributed by atoms with van der Waals surface area (Å²) >= 11 is 0. The van der Waals surface area contributed by atoms with Crippen LogP contribution in [-0.4, -0.2) is 119 Å². The Bertz CT molecular complexity index is 1590. The number of H-pyrrole nitrogens is 1. The summed E-state index contributed by atoms with van der Waals surface area (Å²) in [5, 5.41) is 11.6. The largest absolute Gasteiger partial charge is 0.338 e. The summed E-state index contributed by atoms with van der Waals surface area (Å²) in [6.07, 6.45) is 2.76. The molecule has 11 heteroatoms. The molecule has 2 N–H and O–H groups in total. The highest BCUT2D eigenvalue weighted by molar-refractivity contribution is 5.95. The quantitative estimate of drug-likeness (QED) is 0.420. The van der Waals surface area contributed by atoms with Gasteiger partial charge in [-0.1, -0.05) is 24.3 Å². The first kappa shape index (κ1) is 31.3. The third-order valence-corrected chi connectivity index (χ3v) is 9.62. The first-order valence-electron chi connectivity index (χ1n) is 16.2. The van der Waals surface area contributed by atoms with Gasteiger partial charge in [0, 0.05) is 76.2 Å². The van der Waals surface area contributed by atoms with Crippen LogP contribution in [-0.2, 0) is 11.2 Å². The zero-order valence-corrected chi connectivity index (χ0v) is 26.4. The number of hydrogen-bond donors (Lipinski definition) is 2. The lowest BCUT2D eigenvalue weighted by atomic mass is 9.84. The fourth-order valence-electron chi connectivity index (χ4n) is 7.13. The molecule has 240 valence electrons. The molecule has 1 unspecified atom stereocenters. The van der Waals surface area contributed by atoms with Crippen molar-refractivity contribution in [1.82, 2.24) is 35.1 Å². The summed E-state index contributed by atoms with van der Waals surface area (Å²) < 4.78 is 14.9. The molecule has 0 bridgehead atoms. The Labute approximate surface area is 263 Å². The first-order valence-corrected chi connectivity index (χ1v) is 16.2. The van der Waals surface area contributed by atoms with Crippen LogP contribution in [0.2, 0.25) is 0 Å². The number of aromatic nitrogens is 2. The number of amides is 2. The highest BCUT2D eigenvalue weighted by atomic mass is 19.1. The first-order chi connectivity index (χ1) is 21.6. The minimum atomic E-state index is -0.579. The number of carbonyl (C=O) groups is 2. The van der Waals surface area contributed by atoms with Crippen LogP contribution in [0.1, 0.15) is 48.3 Å². The van der Waals surface area contributed by atoms with Crippen molar-refractivity contribution < 1.29 is 14.0 Å². The molecule has 3 fully saturated rings. The van der Waals surface area contributed by atoms with E-state index in [-0.39, 0.29) is 28.5 Å². The Morgan fingerprint density at radius 3 is 2.36 bits per heavy atom. The highest BCUT2D eigenvalue weighted by Gasteiger charge is 2.31. The van der Waals surface area contributed by atoms with Crippen LogP contribution in [0, 0.1) is 11.7 Å². The SMILES string of the molecule is CC1(C)CC(CN2CCN(CC(=O)N3CCN(C(=O)c4cc(Cc5n[nH]c(=O)c6ccccc56)ccc4F)CC3)CC2)CCN1. The highest BCUT2D eigenvalue weighted by Crippen LogP contribution is 2.25. The Balaban J connectivity index is 0.990. The van der Waals surface area contributed by atoms with Crippen LogP contribution in [0.3, 0.4) is 0 Å². The second-order valence-electron chi connectivity index (χ2n) is 13.5. The number of hydrogen-bond acceptors (Lipinski definition) is 7. The zero-order valence-electron chi connectivity index (χ0n) is 26.4. The van der Waals surface area contributed by atoms with E-state index in [9.17, 15) is 18.8 Å². The third kappa shape index (κ3) is 7.43. The molecular formula is C34H44FN7O3. The maximum absolute atomic E-state index is 14.9. The van der Waals surface area contributed by atoms with Gasteiger partial charge in [0.25, 0.3) is 11.5 Å². The molecule has 4 heterocycles. The number of benzene rings is 2. The van der Waals surface area contributed by atoms with Crippen LogP contribution < -0.4 is 10.9 Å². The van der Waals surface area contributed by atoms with E-state index in [0.29, 0.717) is 50.2 Å². The van der Waals surface area contributed by atoms with Crippen LogP contribution >= 0.6 is 0 Å². The van der Waals surface area contributed by atoms with Crippen molar-refractivity contribution in [2.24, 2.45) is 5.92 Å². The smallest absolute Gasteiger partial charge is 0.272 e. The van der Waals surface area contributed by atoms with Crippen molar-refractivity contribution in [3.63, 3.8) is 0 Å². The van der Waals surface area contributed by atoms with Gasteiger partial charge in [-0.05, 0) is 62.9 Å². The number of carbonyl (C=O) groups excluding carboxylic acids is 2. The van der Waals surface area contributed by atoms with Crippen molar-refractivity contribution in [2.75, 3.05) is 72.0 Å². The normalized spacial score (nSPS) is 21.3. The fraction of sp³-hybridized carbons (Fsp3) is 0.529. The number of fused-ring (bicyclic) bond motifs is 1. The van der Waals surface area contributed by atoms with E-state index in [0.717, 1.165) is 56.1 Å². The predicted octanol–water partition coefficient (Wildman–Crippen LogP) is 2.33. The van der Waals surface area contributed by atoms with E-state index < -0.39 is 5.82 Å². The Morgan fingerprint density at radius 2 is 1.62 bits per heavy atom. The number of piperazine rings is 2. The van der Waals surface area contributed by atoms with Gasteiger partial charge in [-0.25, -0.2) is 9.49 Å². The van der Waals surface area contributed by atoms with Gasteiger partial charge in [0.05, 0.1) is 23.2 Å². The third-order valence-electron chi connectivity index (χ3n) is 9.62. The van der Waals surface area contributed by atoms with Gasteiger partial charge in [0.15, 0.2) is 0 Å². The monoisotopic (exact) mass is 617 g/mol. The fourth-order valence-corrected chi connectivity index (χ4v) is 7.13. The molecule has 2 aromatic carbocycles. The van der Waals surface area contributed by atoms with Gasteiger partial charge in [-0.15, -0.1) is 0 Å². The topological polar surface area (TPSA) is 105 Å². The molecule has 3 aliphatic rings. The lowest BCUT2D eigenvalue weighted by Gasteiger charge is -2.41. The molecule has 0 radical (unpaired) electrons. The van der Waals surface area contributed by atoms with E-state index in [1.54, 1.807) is 29.2 Å². The second kappa shape index (κ2) is 13.4. The number of rotatable bonds is 7. The molecule has 3 saturated heterocycles. The molecule has 0 aliphatic carbocycles. The predicted molar refractivity (Wildman–Crippen MR) is 172 cm³/mol. The zero-order chi connectivity index (χ0) is 31.6. The number of aromatic amines is 1. The van der Waals surface area contributed by atoms with Gasteiger partial charge < -0.3 is 20.0 Å². The van der Waals surface area contributed by atoms with E-state index in [4.69, 9.17) is 0 Å². The maximum atomic E-state index is 14.9. The minimum Gasteiger partial charge on any atom is -0.338 e. The number of nitrogens with one attached hydrogen (secondary N) is 2. The Hall–Kier alpha value is -3.67. The lowest BCUT2D eigenvalue weighted by Crippen LogP contribution is -2.55. The number of piperidine rings is 1. The summed E-state index contributed by atoms with van der Waals surface area (Å²) in [6, 6.07) is 11.7. The molecule has 2 amide bonds. The molecule has 1 aromatic heterocycles. The van der Waals surface area contributed by atoms with Gasteiger partial charge in [0.2, 0.25) is 5.91 Å². The van der Waals surface area contributed by atoms with Crippen LogP contribution in [0.15, 0.2) is 47.3 Å². The van der Waals surface area contributed by atoms with Crippen molar-refractivity contribution in [2.45, 2.75) is 38.6 Å². The second-order valence-corrected chi connectivity index (χ2v) is 13.5. The molecule has 45 heavy (non-hydrogen) atoms. The van der Waals surface area contributed by atoms with E-state index in [1.165, 1.54) is 18.9 Å². The molecule has 3 aliphatic heterocycles. The van der Waals surface area contributed by atoms with Crippen LogP contribution in [0.4, 0.5) is 4.39 Å². The number of nitrogens with zero attached hydrogens (tertiary/aromatic N) is 5. The Morgan fingerprint density at radius 1 is 0.933 bits per heavy atom. The van der Waals surface area contributed by atoms with Gasteiger partial charge >= 0.3 is 0 Å². The van der Waals surface area contributed by atoms with Crippen molar-refractivity contribution in [3.8, 4) is 0 Å². The maximum Gasteiger partial charge on any atom is 0.272 e. The molecule has 0 spiro atoms. The molecule has 6 rings (SSSR count). The molecule has 0 saturated carbocycles. The van der Waals surface area contributed by atoms with Gasteiger partial charge in [-0.2, -0.15) is 5.10 Å². The standard InChI is InChI=1S/C34H44FN7O3/c1-34(2)21-25(9-10-36-34)22-39-11-13-40(14-12-39)23-31(43)41-15-17-42(18-16-41)33(45)28-19-24(7-8-29(28)35)20-30-26-5-3-4-6-27(26)32(44)38-37-30/h3-8,19,25,36H,9-18,20-23H2,1-2H3,(H,38,44).